The van der Waals surface area contributed by atoms with Gasteiger partial charge in [0.25, 0.3) is 0 Å². The van der Waals surface area contributed by atoms with Gasteiger partial charge < -0.3 is 18.9 Å². The molecule has 0 aliphatic heterocycles. The normalized spacial score (nSPS) is 23.0. The molecule has 2 aromatic carbocycles. The van der Waals surface area contributed by atoms with Crippen LogP contribution in [0.15, 0.2) is 52.1 Å². The van der Waals surface area contributed by atoms with E-state index in [0.717, 1.165) is 33.4 Å². The van der Waals surface area contributed by atoms with Gasteiger partial charge in [0, 0.05) is 42.1 Å². The highest BCUT2D eigenvalue weighted by Gasteiger charge is 2.57. The molecule has 3 aromatic rings. The zero-order valence-corrected chi connectivity index (χ0v) is 25.3. The average molecular weight is 573 g/mol. The van der Waals surface area contributed by atoms with Crippen LogP contribution >= 0.6 is 0 Å². The minimum absolute atomic E-state index is 0.0188. The first kappa shape index (κ1) is 28.4. The number of Topliss-reactive ketones (excluding diaryl/α,β-unsaturated/α-hetero) is 2. The summed E-state index contributed by atoms with van der Waals surface area (Å²) in [6.45, 7) is 6.22. The molecule has 8 nitrogen and oxygen atoms in total. The lowest BCUT2D eigenvalue weighted by Gasteiger charge is -2.48. The lowest BCUT2D eigenvalue weighted by Crippen LogP contribution is -2.48. The van der Waals surface area contributed by atoms with Gasteiger partial charge in [-0.25, -0.2) is 4.52 Å². The number of carbonyl (C=O) groups is 2. The fraction of sp³-hybridized carbons (Fsp3) is 0.441. The summed E-state index contributed by atoms with van der Waals surface area (Å²) in [5.41, 5.74) is 5.39. The summed E-state index contributed by atoms with van der Waals surface area (Å²) in [5.74, 6) is 1.57. The summed E-state index contributed by atoms with van der Waals surface area (Å²) < 4.78 is 30.8. The molecule has 42 heavy (non-hydrogen) atoms. The zero-order valence-electron chi connectivity index (χ0n) is 25.3. The Kier molecular flexibility index (Phi) is 7.10. The molecular formula is C34H38NO7+. The molecule has 1 heterocycles. The van der Waals surface area contributed by atoms with Gasteiger partial charge in [-0.05, 0) is 62.6 Å². The Bertz CT molecular complexity index is 1610. The molecule has 0 radical (unpaired) electrons. The van der Waals surface area contributed by atoms with Crippen LogP contribution in [0.25, 0.3) is 0 Å². The molecule has 3 atom stereocenters. The van der Waals surface area contributed by atoms with E-state index < -0.39 is 11.7 Å². The summed E-state index contributed by atoms with van der Waals surface area (Å²) in [7, 11) is 6.55. The van der Waals surface area contributed by atoms with Crippen LogP contribution in [0.2, 0.25) is 0 Å². The standard InChI is InChI=1S/C34H38NO7/c1-18-13-24(33(39-6)40-7)30(38-5)23-15-21-14-22-16-25-28(31(37)34(22,3)19(2)27(21)29(36)26(18)23)32(35(4)42-25)41-17-20-11-9-8-10-12-20/h8-13,21-22,33H,14-17H2,1-7H3/q+1. The number of hydrogen-bond donors (Lipinski definition) is 0. The molecule has 0 spiro atoms. The minimum atomic E-state index is -0.844. The SMILES string of the molecule is COc1c(C(OC)OC)cc(C)c2c1CC1CC3Cc4o[n+](C)c(OCc5ccccc5)c4C(=O)C3(C)C(C)=C1C2=O. The smallest absolute Gasteiger partial charge is 0.426 e. The van der Waals surface area contributed by atoms with E-state index in [1.807, 2.05) is 57.2 Å². The predicted molar refractivity (Wildman–Crippen MR) is 154 cm³/mol. The molecule has 0 saturated heterocycles. The van der Waals surface area contributed by atoms with E-state index >= 15 is 0 Å². The molecule has 1 aromatic heterocycles. The fourth-order valence-corrected chi connectivity index (χ4v) is 7.59. The Balaban J connectivity index is 1.42. The molecule has 3 aliphatic rings. The quantitative estimate of drug-likeness (QED) is 0.276. The lowest BCUT2D eigenvalue weighted by atomic mass is 9.53. The van der Waals surface area contributed by atoms with Gasteiger partial charge in [0.2, 0.25) is 5.76 Å². The van der Waals surface area contributed by atoms with Crippen LogP contribution in [-0.2, 0) is 36.0 Å². The Hall–Kier alpha value is -3.75. The van der Waals surface area contributed by atoms with Crippen LogP contribution in [0.5, 0.6) is 11.6 Å². The van der Waals surface area contributed by atoms with Crippen molar-refractivity contribution in [3.05, 3.63) is 86.7 Å². The number of hydrogen-bond acceptors (Lipinski definition) is 7. The van der Waals surface area contributed by atoms with Crippen molar-refractivity contribution in [3.63, 3.8) is 0 Å². The fourth-order valence-electron chi connectivity index (χ4n) is 7.59. The van der Waals surface area contributed by atoms with Crippen molar-refractivity contribution in [2.24, 2.45) is 24.3 Å². The summed E-state index contributed by atoms with van der Waals surface area (Å²) in [5, 5.41) is 0. The molecule has 0 saturated carbocycles. The largest absolute Gasteiger partial charge is 0.496 e. The van der Waals surface area contributed by atoms with Gasteiger partial charge in [-0.2, -0.15) is 0 Å². The van der Waals surface area contributed by atoms with Crippen molar-refractivity contribution in [2.75, 3.05) is 21.3 Å². The van der Waals surface area contributed by atoms with E-state index in [9.17, 15) is 9.59 Å². The number of aryl methyl sites for hydroxylation is 2. The van der Waals surface area contributed by atoms with Crippen LogP contribution in [0.1, 0.15) is 75.3 Å². The molecule has 0 amide bonds. The first-order valence-corrected chi connectivity index (χ1v) is 14.4. The number of rotatable bonds is 7. The first-order chi connectivity index (χ1) is 20.1. The van der Waals surface area contributed by atoms with Crippen molar-refractivity contribution in [1.82, 2.24) is 0 Å². The molecule has 0 N–H and O–H groups in total. The van der Waals surface area contributed by atoms with Gasteiger partial charge in [-0.3, -0.25) is 9.59 Å². The number of ketones is 2. The maximum Gasteiger partial charge on any atom is 0.426 e. The summed E-state index contributed by atoms with van der Waals surface area (Å²) in [6.07, 6.45) is 1.30. The number of allylic oxidation sites excluding steroid dienone is 2. The van der Waals surface area contributed by atoms with E-state index in [2.05, 4.69) is 0 Å². The lowest BCUT2D eigenvalue weighted by molar-refractivity contribution is -0.848. The van der Waals surface area contributed by atoms with E-state index in [1.54, 1.807) is 33.1 Å². The molecular weight excluding hydrogens is 534 g/mol. The summed E-state index contributed by atoms with van der Waals surface area (Å²) in [4.78, 5) is 28.8. The topological polar surface area (TPSA) is 88.1 Å². The highest BCUT2D eigenvalue weighted by Crippen LogP contribution is 2.57. The van der Waals surface area contributed by atoms with Crippen molar-refractivity contribution in [3.8, 4) is 11.6 Å². The molecule has 0 bridgehead atoms. The molecule has 0 fully saturated rings. The monoisotopic (exact) mass is 572 g/mol. The van der Waals surface area contributed by atoms with E-state index in [0.29, 0.717) is 54.4 Å². The third-order valence-corrected chi connectivity index (χ3v) is 9.76. The van der Waals surface area contributed by atoms with Crippen molar-refractivity contribution in [1.29, 1.82) is 0 Å². The maximum atomic E-state index is 14.5. The van der Waals surface area contributed by atoms with Crippen molar-refractivity contribution >= 4 is 11.6 Å². The number of methoxy groups -OCH3 is 3. The van der Waals surface area contributed by atoms with E-state index in [4.69, 9.17) is 23.5 Å². The second-order valence-electron chi connectivity index (χ2n) is 11.9. The van der Waals surface area contributed by atoms with Crippen LogP contribution in [0.3, 0.4) is 0 Å². The Labute approximate surface area is 246 Å². The number of nitrogens with zero attached hydrogens (tertiary/aromatic N) is 1. The van der Waals surface area contributed by atoms with Crippen LogP contribution in [0.4, 0.5) is 0 Å². The van der Waals surface area contributed by atoms with Gasteiger partial charge in [0.15, 0.2) is 30.5 Å². The summed E-state index contributed by atoms with van der Waals surface area (Å²) >= 11 is 0. The highest BCUT2D eigenvalue weighted by molar-refractivity contribution is 6.15. The van der Waals surface area contributed by atoms with Gasteiger partial charge in [-0.15, -0.1) is 0 Å². The molecule has 6 rings (SSSR count). The van der Waals surface area contributed by atoms with Gasteiger partial charge >= 0.3 is 5.88 Å². The highest BCUT2D eigenvalue weighted by atomic mass is 16.7. The second kappa shape index (κ2) is 10.5. The Morgan fingerprint density at radius 3 is 2.43 bits per heavy atom. The third kappa shape index (κ3) is 4.07. The first-order valence-electron chi connectivity index (χ1n) is 14.4. The molecule has 220 valence electrons. The van der Waals surface area contributed by atoms with Crippen LogP contribution in [0, 0.1) is 24.2 Å². The van der Waals surface area contributed by atoms with Gasteiger partial charge in [0.1, 0.15) is 12.4 Å². The molecule has 3 unspecified atom stereocenters. The van der Waals surface area contributed by atoms with Crippen LogP contribution in [-0.4, -0.2) is 32.9 Å². The van der Waals surface area contributed by atoms with Crippen molar-refractivity contribution in [2.45, 2.75) is 52.9 Å². The number of benzene rings is 2. The predicted octanol–water partition coefficient (Wildman–Crippen LogP) is 5.43. The zero-order chi connectivity index (χ0) is 29.9. The molecule has 3 aliphatic carbocycles. The number of ether oxygens (including phenoxy) is 4. The third-order valence-electron chi connectivity index (χ3n) is 9.76. The van der Waals surface area contributed by atoms with E-state index in [1.165, 1.54) is 0 Å². The van der Waals surface area contributed by atoms with Gasteiger partial charge in [0.05, 0.1) is 18.1 Å². The van der Waals surface area contributed by atoms with Gasteiger partial charge in [-0.1, -0.05) is 35.9 Å². The minimum Gasteiger partial charge on any atom is -0.496 e. The number of fused-ring (bicyclic) bond motifs is 4. The number of carbonyl (C=O) groups excluding carboxylic acids is 2. The molecule has 8 heteroatoms. The second-order valence-corrected chi connectivity index (χ2v) is 11.9. The van der Waals surface area contributed by atoms with Crippen LogP contribution < -0.4 is 14.2 Å². The average Bonchev–Trinajstić information content (AvgIpc) is 3.29. The number of aromatic nitrogens is 1. The summed E-state index contributed by atoms with van der Waals surface area (Å²) in [6, 6.07) is 11.8. The van der Waals surface area contributed by atoms with Crippen molar-refractivity contribution < 1.29 is 37.8 Å². The Morgan fingerprint density at radius 2 is 1.76 bits per heavy atom. The Morgan fingerprint density at radius 1 is 1.05 bits per heavy atom. The maximum absolute atomic E-state index is 14.5. The van der Waals surface area contributed by atoms with E-state index in [-0.39, 0.29) is 23.4 Å².